The molecule has 0 aliphatic heterocycles. The summed E-state index contributed by atoms with van der Waals surface area (Å²) in [5, 5.41) is 3.64. The maximum absolute atomic E-state index is 11.1. The smallest absolute Gasteiger partial charge is 0.209 e. The van der Waals surface area contributed by atoms with E-state index < -0.39 is 10.0 Å². The average molecular weight is 338 g/mol. The molecule has 2 aliphatic carbocycles. The molecule has 1 aromatic carbocycles. The molecule has 1 spiro atoms. The number of hydrogen-bond donors (Lipinski definition) is 2. The molecule has 0 heterocycles. The lowest BCUT2D eigenvalue weighted by molar-refractivity contribution is -0.157. The van der Waals surface area contributed by atoms with Crippen LogP contribution in [0.25, 0.3) is 0 Å². The van der Waals surface area contributed by atoms with Crippen molar-refractivity contribution < 1.29 is 13.2 Å². The van der Waals surface area contributed by atoms with E-state index in [0.717, 1.165) is 24.3 Å². The number of rotatable bonds is 7. The maximum Gasteiger partial charge on any atom is 0.209 e. The molecule has 0 radical (unpaired) electrons. The van der Waals surface area contributed by atoms with E-state index in [2.05, 4.69) is 17.0 Å². The van der Waals surface area contributed by atoms with Crippen LogP contribution in [-0.2, 0) is 21.3 Å². The van der Waals surface area contributed by atoms with Crippen molar-refractivity contribution in [1.29, 1.82) is 0 Å². The van der Waals surface area contributed by atoms with Crippen molar-refractivity contribution in [2.75, 3.05) is 18.2 Å². The Bertz CT molecular complexity index is 638. The van der Waals surface area contributed by atoms with Gasteiger partial charge in [0.25, 0.3) is 0 Å². The van der Waals surface area contributed by atoms with E-state index in [1.807, 2.05) is 24.3 Å². The van der Waals surface area contributed by atoms with E-state index in [9.17, 15) is 8.42 Å². The Labute approximate surface area is 138 Å². The zero-order valence-electron chi connectivity index (χ0n) is 13.8. The van der Waals surface area contributed by atoms with Crippen molar-refractivity contribution in [3.63, 3.8) is 0 Å². The van der Waals surface area contributed by atoms with Crippen LogP contribution in [0.4, 0.5) is 5.69 Å². The molecule has 23 heavy (non-hydrogen) atoms. The van der Waals surface area contributed by atoms with Crippen LogP contribution < -0.4 is 10.0 Å². The average Bonchev–Trinajstić information content (AvgIpc) is 2.42. The number of ether oxygens (including phenoxy) is 1. The Morgan fingerprint density at radius 3 is 2.48 bits per heavy atom. The SMILES string of the molecule is CCOC1CC(Nc2ccc(CNS(C)(=O)=O)cc2)C12CCC2. The van der Waals surface area contributed by atoms with Gasteiger partial charge in [-0.3, -0.25) is 0 Å². The van der Waals surface area contributed by atoms with Crippen LogP contribution in [0.1, 0.15) is 38.2 Å². The van der Waals surface area contributed by atoms with Crippen molar-refractivity contribution in [2.24, 2.45) is 5.41 Å². The van der Waals surface area contributed by atoms with E-state index in [1.54, 1.807) is 0 Å². The second-order valence-corrected chi connectivity index (χ2v) is 8.59. The fourth-order valence-corrected chi connectivity index (χ4v) is 4.20. The molecule has 128 valence electrons. The second kappa shape index (κ2) is 6.42. The van der Waals surface area contributed by atoms with Crippen LogP contribution >= 0.6 is 0 Å². The predicted molar refractivity (Wildman–Crippen MR) is 91.9 cm³/mol. The molecule has 1 aromatic rings. The summed E-state index contributed by atoms with van der Waals surface area (Å²) in [7, 11) is -3.15. The highest BCUT2D eigenvalue weighted by Gasteiger charge is 2.58. The van der Waals surface area contributed by atoms with Crippen molar-refractivity contribution in [3.8, 4) is 0 Å². The number of sulfonamides is 1. The Morgan fingerprint density at radius 1 is 1.26 bits per heavy atom. The molecule has 5 nitrogen and oxygen atoms in total. The first-order valence-electron chi connectivity index (χ1n) is 8.35. The van der Waals surface area contributed by atoms with Crippen molar-refractivity contribution in [2.45, 2.75) is 51.3 Å². The number of anilines is 1. The molecular weight excluding hydrogens is 312 g/mol. The van der Waals surface area contributed by atoms with Crippen molar-refractivity contribution in [3.05, 3.63) is 29.8 Å². The molecule has 2 N–H and O–H groups in total. The highest BCUT2D eigenvalue weighted by atomic mass is 32.2. The minimum absolute atomic E-state index is 0.332. The molecule has 0 saturated heterocycles. The van der Waals surface area contributed by atoms with Crippen molar-refractivity contribution >= 4 is 15.7 Å². The lowest BCUT2D eigenvalue weighted by Gasteiger charge is -2.61. The van der Waals surface area contributed by atoms with Crippen molar-refractivity contribution in [1.82, 2.24) is 4.72 Å². The van der Waals surface area contributed by atoms with E-state index in [4.69, 9.17) is 4.74 Å². The number of nitrogens with one attached hydrogen (secondary N) is 2. The molecular formula is C17H26N2O3S. The first kappa shape index (κ1) is 16.7. The van der Waals surface area contributed by atoms with Gasteiger partial charge in [-0.05, 0) is 43.9 Å². The monoisotopic (exact) mass is 338 g/mol. The van der Waals surface area contributed by atoms with Gasteiger partial charge in [0.2, 0.25) is 10.0 Å². The molecule has 2 unspecified atom stereocenters. The third kappa shape index (κ3) is 3.54. The van der Waals surface area contributed by atoms with Crippen LogP contribution in [0.5, 0.6) is 0 Å². The van der Waals surface area contributed by atoms with Crippen LogP contribution in [0.3, 0.4) is 0 Å². The summed E-state index contributed by atoms with van der Waals surface area (Å²) in [6.45, 7) is 3.19. The Hall–Kier alpha value is -1.11. The fourth-order valence-electron chi connectivity index (χ4n) is 3.78. The molecule has 2 atom stereocenters. The Kier molecular flexibility index (Phi) is 4.67. The maximum atomic E-state index is 11.1. The summed E-state index contributed by atoms with van der Waals surface area (Å²) in [6.07, 6.45) is 6.48. The molecule has 0 aromatic heterocycles. The van der Waals surface area contributed by atoms with E-state index in [-0.39, 0.29) is 0 Å². The van der Waals surface area contributed by atoms with E-state index >= 15 is 0 Å². The molecule has 0 bridgehead atoms. The summed E-state index contributed by atoms with van der Waals surface area (Å²) in [6, 6.07) is 8.48. The minimum atomic E-state index is -3.15. The summed E-state index contributed by atoms with van der Waals surface area (Å²) >= 11 is 0. The second-order valence-electron chi connectivity index (χ2n) is 6.75. The van der Waals surface area contributed by atoms with Gasteiger partial charge < -0.3 is 10.1 Å². The van der Waals surface area contributed by atoms with Gasteiger partial charge in [0.1, 0.15) is 0 Å². The molecule has 3 rings (SSSR count). The zero-order valence-corrected chi connectivity index (χ0v) is 14.7. The van der Waals surface area contributed by atoms with E-state index in [0.29, 0.717) is 24.1 Å². The highest BCUT2D eigenvalue weighted by Crippen LogP contribution is 2.58. The Morgan fingerprint density at radius 2 is 1.96 bits per heavy atom. The zero-order chi connectivity index (χ0) is 16.5. The quantitative estimate of drug-likeness (QED) is 0.801. The normalized spacial score (nSPS) is 25.7. The van der Waals surface area contributed by atoms with Crippen LogP contribution in [-0.4, -0.2) is 33.4 Å². The summed E-state index contributed by atoms with van der Waals surface area (Å²) in [4.78, 5) is 0. The summed E-state index contributed by atoms with van der Waals surface area (Å²) < 4.78 is 30.6. The van der Waals surface area contributed by atoms with Gasteiger partial charge in [-0.15, -0.1) is 0 Å². The van der Waals surface area contributed by atoms with Gasteiger partial charge >= 0.3 is 0 Å². The molecule has 2 aliphatic rings. The van der Waals surface area contributed by atoms with Crippen LogP contribution in [0.15, 0.2) is 24.3 Å². The lowest BCUT2D eigenvalue weighted by Crippen LogP contribution is -2.64. The van der Waals surface area contributed by atoms with Gasteiger partial charge in [0.05, 0.1) is 12.4 Å². The van der Waals surface area contributed by atoms with Gasteiger partial charge in [-0.1, -0.05) is 18.6 Å². The third-order valence-corrected chi connectivity index (χ3v) is 5.94. The third-order valence-electron chi connectivity index (χ3n) is 5.27. The first-order chi connectivity index (χ1) is 10.9. The van der Waals surface area contributed by atoms with Gasteiger partial charge in [-0.2, -0.15) is 0 Å². The largest absolute Gasteiger partial charge is 0.382 e. The first-order valence-corrected chi connectivity index (χ1v) is 10.2. The number of benzene rings is 1. The topological polar surface area (TPSA) is 67.4 Å². The van der Waals surface area contributed by atoms with Gasteiger partial charge in [0, 0.05) is 30.3 Å². The summed E-state index contributed by atoms with van der Waals surface area (Å²) in [5.41, 5.74) is 2.39. The molecule has 2 fully saturated rings. The van der Waals surface area contributed by atoms with Crippen LogP contribution in [0.2, 0.25) is 0 Å². The molecule has 6 heteroatoms. The Balaban J connectivity index is 1.57. The minimum Gasteiger partial charge on any atom is -0.382 e. The van der Waals surface area contributed by atoms with Gasteiger partial charge in [0.15, 0.2) is 0 Å². The predicted octanol–water partition coefficient (Wildman–Crippen LogP) is 2.50. The highest BCUT2D eigenvalue weighted by molar-refractivity contribution is 7.88. The van der Waals surface area contributed by atoms with Crippen LogP contribution in [0, 0.1) is 5.41 Å². The fraction of sp³-hybridized carbons (Fsp3) is 0.647. The molecule has 0 amide bonds. The van der Waals surface area contributed by atoms with E-state index in [1.165, 1.54) is 25.5 Å². The number of hydrogen-bond acceptors (Lipinski definition) is 4. The van der Waals surface area contributed by atoms with Gasteiger partial charge in [-0.25, -0.2) is 13.1 Å². The molecule has 2 saturated carbocycles. The summed E-state index contributed by atoms with van der Waals surface area (Å²) in [5.74, 6) is 0. The standard InChI is InChI=1S/C17H26N2O3S/c1-3-22-16-11-15(17(16)9-4-10-17)19-14-7-5-13(6-8-14)12-18-23(2,20)21/h5-8,15-16,18-19H,3-4,9-12H2,1-2H3. The lowest BCUT2D eigenvalue weighted by atomic mass is 9.51.